The highest BCUT2D eigenvalue weighted by Crippen LogP contribution is 2.17. The summed E-state index contributed by atoms with van der Waals surface area (Å²) in [5, 5.41) is 14.7. The molecule has 170 valence electrons. The summed E-state index contributed by atoms with van der Waals surface area (Å²) in [6, 6.07) is 3.20. The van der Waals surface area contributed by atoms with E-state index >= 15 is 0 Å². The Morgan fingerprint density at radius 3 is 2.71 bits per heavy atom. The minimum Gasteiger partial charge on any atom is -0.379 e. The van der Waals surface area contributed by atoms with Gasteiger partial charge in [0.15, 0.2) is 11.8 Å². The summed E-state index contributed by atoms with van der Waals surface area (Å²) in [4.78, 5) is 6.98. The molecule has 2 heterocycles. The summed E-state index contributed by atoms with van der Waals surface area (Å²) in [6.07, 6.45) is 0.934. The average molecular weight is 436 g/mol. The van der Waals surface area contributed by atoms with Gasteiger partial charge < -0.3 is 19.9 Å². The molecule has 1 fully saturated rings. The predicted molar refractivity (Wildman–Crippen MR) is 115 cm³/mol. The van der Waals surface area contributed by atoms with E-state index in [1.165, 1.54) is 12.1 Å². The van der Waals surface area contributed by atoms with E-state index in [4.69, 9.17) is 4.74 Å². The Hall–Kier alpha value is -2.59. The first-order chi connectivity index (χ1) is 14.9. The highest BCUT2D eigenvalue weighted by molar-refractivity contribution is 5.80. The van der Waals surface area contributed by atoms with Crippen LogP contribution in [0, 0.1) is 18.6 Å². The van der Waals surface area contributed by atoms with E-state index in [-0.39, 0.29) is 0 Å². The third-order valence-corrected chi connectivity index (χ3v) is 5.39. The lowest BCUT2D eigenvalue weighted by molar-refractivity contribution is 0.0376. The molecule has 0 radical (unpaired) electrons. The van der Waals surface area contributed by atoms with Crippen molar-refractivity contribution in [3.8, 4) is 0 Å². The van der Waals surface area contributed by atoms with E-state index in [1.807, 2.05) is 25.5 Å². The number of rotatable bonds is 8. The minimum absolute atomic E-state index is 0.328. The summed E-state index contributed by atoms with van der Waals surface area (Å²) in [7, 11) is 1.89. The van der Waals surface area contributed by atoms with Crippen molar-refractivity contribution in [3.63, 3.8) is 0 Å². The number of hydrogen-bond donors (Lipinski definition) is 2. The molecule has 2 aromatic rings. The predicted octanol–water partition coefficient (Wildman–Crippen LogP) is 1.92. The fourth-order valence-corrected chi connectivity index (χ4v) is 3.36. The van der Waals surface area contributed by atoms with Gasteiger partial charge in [-0.1, -0.05) is 6.07 Å². The van der Waals surface area contributed by atoms with Crippen LogP contribution in [0.3, 0.4) is 0 Å². The van der Waals surface area contributed by atoms with Crippen LogP contribution in [-0.4, -0.2) is 65.0 Å². The SMILES string of the molecule is Cc1nnc(CN=C(NCCCN2CCOCC2)NC(C)c2ccc(F)cc2F)n1C. The van der Waals surface area contributed by atoms with Crippen molar-refractivity contribution in [1.29, 1.82) is 0 Å². The van der Waals surface area contributed by atoms with Crippen LogP contribution in [0.25, 0.3) is 0 Å². The summed E-state index contributed by atoms with van der Waals surface area (Å²) >= 11 is 0. The van der Waals surface area contributed by atoms with Gasteiger partial charge in [0.25, 0.3) is 0 Å². The summed E-state index contributed by atoms with van der Waals surface area (Å²) in [6.45, 7) is 9.15. The van der Waals surface area contributed by atoms with Gasteiger partial charge in [-0.05, 0) is 32.9 Å². The first kappa shape index (κ1) is 23.1. The normalized spacial score (nSPS) is 16.4. The molecule has 0 amide bonds. The van der Waals surface area contributed by atoms with Gasteiger partial charge in [-0.2, -0.15) is 0 Å². The maximum absolute atomic E-state index is 14.2. The van der Waals surface area contributed by atoms with Crippen molar-refractivity contribution in [1.82, 2.24) is 30.3 Å². The van der Waals surface area contributed by atoms with Crippen molar-refractivity contribution >= 4 is 5.96 Å². The number of benzene rings is 1. The molecule has 8 nitrogen and oxygen atoms in total. The van der Waals surface area contributed by atoms with Gasteiger partial charge in [0.05, 0.1) is 19.3 Å². The zero-order valence-corrected chi connectivity index (χ0v) is 18.4. The first-order valence-electron chi connectivity index (χ1n) is 10.6. The molecule has 10 heteroatoms. The smallest absolute Gasteiger partial charge is 0.192 e. The van der Waals surface area contributed by atoms with Crippen LogP contribution in [0.2, 0.25) is 0 Å². The van der Waals surface area contributed by atoms with Crippen LogP contribution in [0.1, 0.15) is 36.6 Å². The zero-order valence-electron chi connectivity index (χ0n) is 18.4. The number of nitrogens with zero attached hydrogens (tertiary/aromatic N) is 5. The van der Waals surface area contributed by atoms with Crippen LogP contribution in [0.5, 0.6) is 0 Å². The van der Waals surface area contributed by atoms with E-state index in [2.05, 4.69) is 30.7 Å². The minimum atomic E-state index is -0.596. The molecule has 31 heavy (non-hydrogen) atoms. The van der Waals surface area contributed by atoms with Crippen LogP contribution in [0.4, 0.5) is 8.78 Å². The summed E-state index contributed by atoms with van der Waals surface area (Å²) < 4.78 is 34.7. The molecule has 1 aromatic carbocycles. The molecular formula is C21H31F2N7O. The van der Waals surface area contributed by atoms with E-state index in [1.54, 1.807) is 0 Å². The van der Waals surface area contributed by atoms with Gasteiger partial charge in [0.1, 0.15) is 24.0 Å². The van der Waals surface area contributed by atoms with Crippen LogP contribution >= 0.6 is 0 Å². The third-order valence-electron chi connectivity index (χ3n) is 5.39. The number of halogens is 2. The molecule has 0 bridgehead atoms. The molecule has 1 unspecified atom stereocenters. The Bertz CT molecular complexity index is 881. The number of hydrogen-bond acceptors (Lipinski definition) is 5. The first-order valence-corrected chi connectivity index (χ1v) is 10.6. The second-order valence-corrected chi connectivity index (χ2v) is 7.65. The van der Waals surface area contributed by atoms with Crippen molar-refractivity contribution in [2.45, 2.75) is 32.9 Å². The van der Waals surface area contributed by atoms with Crippen LogP contribution in [0.15, 0.2) is 23.2 Å². The molecule has 3 rings (SSSR count). The zero-order chi connectivity index (χ0) is 22.2. The van der Waals surface area contributed by atoms with Crippen LogP contribution in [-0.2, 0) is 18.3 Å². The van der Waals surface area contributed by atoms with E-state index in [9.17, 15) is 8.78 Å². The summed E-state index contributed by atoms with van der Waals surface area (Å²) in [5.74, 6) is 0.892. The van der Waals surface area contributed by atoms with Gasteiger partial charge in [0, 0.05) is 38.3 Å². The quantitative estimate of drug-likeness (QED) is 0.375. The monoisotopic (exact) mass is 435 g/mol. The van der Waals surface area contributed by atoms with Crippen LogP contribution < -0.4 is 10.6 Å². The number of ether oxygens (including phenoxy) is 1. The maximum Gasteiger partial charge on any atom is 0.192 e. The lowest BCUT2D eigenvalue weighted by atomic mass is 10.1. The average Bonchev–Trinajstić information content (AvgIpc) is 3.07. The number of aryl methyl sites for hydroxylation is 1. The number of nitrogens with one attached hydrogen (secondary N) is 2. The summed E-state index contributed by atoms with van der Waals surface area (Å²) in [5.41, 5.74) is 0.374. The van der Waals surface area contributed by atoms with Crippen molar-refractivity contribution in [2.75, 3.05) is 39.4 Å². The second-order valence-electron chi connectivity index (χ2n) is 7.65. The van der Waals surface area contributed by atoms with E-state index < -0.39 is 17.7 Å². The highest BCUT2D eigenvalue weighted by atomic mass is 19.1. The Morgan fingerprint density at radius 2 is 2.03 bits per heavy atom. The Kier molecular flexibility index (Phi) is 8.30. The lowest BCUT2D eigenvalue weighted by Crippen LogP contribution is -2.41. The third kappa shape index (κ3) is 6.70. The molecule has 2 N–H and O–H groups in total. The van der Waals surface area contributed by atoms with Gasteiger partial charge >= 0.3 is 0 Å². The standard InChI is InChI=1S/C21H31F2N7O/c1-15(18-6-5-17(22)13-19(18)23)26-21(25-14-20-28-27-16(2)29(20)3)24-7-4-8-30-9-11-31-12-10-30/h5-6,13,15H,4,7-12,14H2,1-3H3,(H2,24,25,26). The number of morpholine rings is 1. The largest absolute Gasteiger partial charge is 0.379 e. The van der Waals surface area contributed by atoms with E-state index in [0.29, 0.717) is 24.6 Å². The fraction of sp³-hybridized carbons (Fsp3) is 0.571. The number of aliphatic imine (C=N–C) groups is 1. The lowest BCUT2D eigenvalue weighted by Gasteiger charge is -2.26. The van der Waals surface area contributed by atoms with Crippen molar-refractivity contribution in [3.05, 3.63) is 47.0 Å². The Morgan fingerprint density at radius 1 is 1.26 bits per heavy atom. The van der Waals surface area contributed by atoms with Gasteiger partial charge in [-0.25, -0.2) is 13.8 Å². The molecule has 1 aliphatic rings. The molecular weight excluding hydrogens is 404 g/mol. The van der Waals surface area contributed by atoms with E-state index in [0.717, 1.165) is 57.0 Å². The molecule has 1 saturated heterocycles. The Balaban J connectivity index is 1.62. The molecule has 0 aliphatic carbocycles. The maximum atomic E-state index is 14.2. The van der Waals surface area contributed by atoms with Gasteiger partial charge in [0.2, 0.25) is 0 Å². The molecule has 1 aromatic heterocycles. The molecule has 0 saturated carbocycles. The van der Waals surface area contributed by atoms with Crippen molar-refractivity contribution in [2.24, 2.45) is 12.0 Å². The fourth-order valence-electron chi connectivity index (χ4n) is 3.36. The number of aromatic nitrogens is 3. The molecule has 0 spiro atoms. The van der Waals surface area contributed by atoms with Gasteiger partial charge in [-0.15, -0.1) is 10.2 Å². The molecule has 1 atom stereocenters. The van der Waals surface area contributed by atoms with Gasteiger partial charge in [-0.3, -0.25) is 4.90 Å². The number of guanidine groups is 1. The second kappa shape index (κ2) is 11.1. The molecule has 1 aliphatic heterocycles. The topological polar surface area (TPSA) is 79.6 Å². The highest BCUT2D eigenvalue weighted by Gasteiger charge is 2.14. The van der Waals surface area contributed by atoms with Crippen molar-refractivity contribution < 1.29 is 13.5 Å². The Labute approximate surface area is 181 Å².